The maximum atomic E-state index is 14.3. The van der Waals surface area contributed by atoms with E-state index in [2.05, 4.69) is 22.4 Å². The highest BCUT2D eigenvalue weighted by molar-refractivity contribution is 6.10. The normalized spacial score (nSPS) is 24.4. The van der Waals surface area contributed by atoms with Gasteiger partial charge in [-0.3, -0.25) is 4.79 Å². The Bertz CT molecular complexity index is 1460. The van der Waals surface area contributed by atoms with E-state index < -0.39 is 23.1 Å². The monoisotopic (exact) mass is 553 g/mol. The number of methoxy groups -OCH3 is 1. The van der Waals surface area contributed by atoms with Crippen LogP contribution in [-0.2, 0) is 29.9 Å². The van der Waals surface area contributed by atoms with Crippen molar-refractivity contribution < 1.29 is 22.7 Å². The van der Waals surface area contributed by atoms with Crippen LogP contribution in [0.25, 0.3) is 0 Å². The molecule has 7 nitrogen and oxygen atoms in total. The Morgan fingerprint density at radius 2 is 1.93 bits per heavy atom. The molecule has 6 rings (SSSR count). The SMILES string of the molecule is CO[C@H]1C[C@@](c2cccc(N3Cc4c(cc([C@@H](C)NC5(C)CCC5)cc4C(F)(F)F)C3=O)c2)(c2nncn2C)C1. The van der Waals surface area contributed by atoms with Crippen molar-refractivity contribution in [1.82, 2.24) is 20.1 Å². The molecule has 212 valence electrons. The van der Waals surface area contributed by atoms with Crippen LogP contribution in [0.2, 0.25) is 0 Å². The van der Waals surface area contributed by atoms with Gasteiger partial charge in [0, 0.05) is 37.0 Å². The fourth-order valence-electron chi connectivity index (χ4n) is 6.72. The summed E-state index contributed by atoms with van der Waals surface area (Å²) < 4.78 is 50.4. The zero-order valence-electron chi connectivity index (χ0n) is 23.2. The van der Waals surface area contributed by atoms with Crippen molar-refractivity contribution in [3.63, 3.8) is 0 Å². The van der Waals surface area contributed by atoms with Crippen molar-refractivity contribution in [2.45, 2.75) is 81.8 Å². The van der Waals surface area contributed by atoms with Crippen LogP contribution in [0, 0.1) is 0 Å². The Kier molecular flexibility index (Phi) is 6.34. The number of benzene rings is 2. The average molecular weight is 554 g/mol. The molecule has 2 saturated carbocycles. The molecule has 0 unspecified atom stereocenters. The zero-order valence-corrected chi connectivity index (χ0v) is 23.2. The topological polar surface area (TPSA) is 72.3 Å². The molecule has 2 aromatic carbocycles. The van der Waals surface area contributed by atoms with Crippen molar-refractivity contribution in [1.29, 1.82) is 0 Å². The number of rotatable bonds is 7. The summed E-state index contributed by atoms with van der Waals surface area (Å²) in [5, 5.41) is 11.9. The number of aromatic nitrogens is 3. The maximum Gasteiger partial charge on any atom is 0.416 e. The predicted octanol–water partition coefficient (Wildman–Crippen LogP) is 5.68. The molecule has 1 atom stereocenters. The largest absolute Gasteiger partial charge is 0.416 e. The third-order valence-electron chi connectivity index (χ3n) is 9.23. The molecule has 1 aromatic heterocycles. The summed E-state index contributed by atoms with van der Waals surface area (Å²) in [4.78, 5) is 15.2. The standard InChI is InChI=1S/C30H34F3N5O2/c1-18(35-28(2)9-6-10-28)19-11-23-24(25(12-19)30(31,32)33)16-38(26(23)39)21-8-5-7-20(13-21)29(14-22(15-29)40-4)27-36-34-17-37(27)3/h5,7-8,11-13,17-18,22,35H,6,9-10,14-16H2,1-4H3/t18-,22-,29+/m1/s1. The van der Waals surface area contributed by atoms with Gasteiger partial charge in [-0.05, 0) is 86.9 Å². The highest BCUT2D eigenvalue weighted by atomic mass is 19.4. The minimum Gasteiger partial charge on any atom is -0.381 e. The maximum absolute atomic E-state index is 14.3. The fourth-order valence-corrected chi connectivity index (χ4v) is 6.72. The third-order valence-corrected chi connectivity index (χ3v) is 9.23. The average Bonchev–Trinajstić information content (AvgIpc) is 3.45. The first-order valence-corrected chi connectivity index (χ1v) is 13.8. The molecule has 0 radical (unpaired) electrons. The predicted molar refractivity (Wildman–Crippen MR) is 144 cm³/mol. The van der Waals surface area contributed by atoms with E-state index in [4.69, 9.17) is 4.74 Å². The number of aryl methyl sites for hydroxylation is 1. The Labute approximate surface area is 231 Å². The van der Waals surface area contributed by atoms with E-state index in [1.54, 1.807) is 25.6 Å². The Balaban J connectivity index is 1.36. The molecule has 0 bridgehead atoms. The summed E-state index contributed by atoms with van der Waals surface area (Å²) in [6, 6.07) is 10.0. The van der Waals surface area contributed by atoms with E-state index in [9.17, 15) is 18.0 Å². The smallest absolute Gasteiger partial charge is 0.381 e. The summed E-state index contributed by atoms with van der Waals surface area (Å²) in [5.41, 5.74) is 0.830. The van der Waals surface area contributed by atoms with Gasteiger partial charge in [0.15, 0.2) is 0 Å². The molecule has 2 heterocycles. The summed E-state index contributed by atoms with van der Waals surface area (Å²) in [7, 11) is 3.57. The number of ether oxygens (including phenoxy) is 1. The molecule has 1 N–H and O–H groups in total. The van der Waals surface area contributed by atoms with Crippen LogP contribution >= 0.6 is 0 Å². The first-order chi connectivity index (χ1) is 18.9. The van der Waals surface area contributed by atoms with Gasteiger partial charge in [-0.15, -0.1) is 10.2 Å². The summed E-state index contributed by atoms with van der Waals surface area (Å²) in [5.74, 6) is 0.372. The van der Waals surface area contributed by atoms with Crippen LogP contribution in [0.5, 0.6) is 0 Å². The van der Waals surface area contributed by atoms with Gasteiger partial charge >= 0.3 is 6.18 Å². The zero-order chi connectivity index (χ0) is 28.4. The molecule has 10 heteroatoms. The van der Waals surface area contributed by atoms with Crippen LogP contribution in [-0.4, -0.2) is 39.4 Å². The van der Waals surface area contributed by atoms with Crippen molar-refractivity contribution in [2.24, 2.45) is 7.05 Å². The highest BCUT2D eigenvalue weighted by Gasteiger charge is 2.50. The molecule has 0 saturated heterocycles. The number of alkyl halides is 3. The number of carbonyl (C=O) groups excluding carboxylic acids is 1. The van der Waals surface area contributed by atoms with Crippen LogP contribution < -0.4 is 10.2 Å². The molecular formula is C30H34F3N5O2. The van der Waals surface area contributed by atoms with E-state index in [-0.39, 0.29) is 35.4 Å². The molecule has 0 spiro atoms. The number of anilines is 1. The van der Waals surface area contributed by atoms with Gasteiger partial charge in [0.05, 0.1) is 23.6 Å². The molecule has 2 fully saturated rings. The molecule has 3 aliphatic rings. The van der Waals surface area contributed by atoms with Crippen LogP contribution in [0.1, 0.15) is 90.4 Å². The van der Waals surface area contributed by atoms with E-state index in [0.717, 1.165) is 30.7 Å². The van der Waals surface area contributed by atoms with Crippen LogP contribution in [0.4, 0.5) is 18.9 Å². The number of hydrogen-bond donors (Lipinski definition) is 1. The van der Waals surface area contributed by atoms with Gasteiger partial charge < -0.3 is 19.5 Å². The second-order valence-corrected chi connectivity index (χ2v) is 11.9. The van der Waals surface area contributed by atoms with Crippen molar-refractivity contribution in [2.75, 3.05) is 12.0 Å². The van der Waals surface area contributed by atoms with Crippen LogP contribution in [0.15, 0.2) is 42.7 Å². The van der Waals surface area contributed by atoms with Gasteiger partial charge in [-0.25, -0.2) is 0 Å². The number of fused-ring (bicyclic) bond motifs is 1. The van der Waals surface area contributed by atoms with Gasteiger partial charge in [0.25, 0.3) is 5.91 Å². The van der Waals surface area contributed by atoms with E-state index in [0.29, 0.717) is 24.1 Å². The molecule has 40 heavy (non-hydrogen) atoms. The minimum atomic E-state index is -4.57. The van der Waals surface area contributed by atoms with Gasteiger partial charge in [0.2, 0.25) is 0 Å². The van der Waals surface area contributed by atoms with Gasteiger partial charge in [-0.1, -0.05) is 12.1 Å². The summed E-state index contributed by atoms with van der Waals surface area (Å²) in [6.45, 7) is 3.82. The van der Waals surface area contributed by atoms with Crippen molar-refractivity contribution in [3.8, 4) is 0 Å². The molecule has 1 amide bonds. The Morgan fingerprint density at radius 3 is 2.52 bits per heavy atom. The molecule has 1 aliphatic heterocycles. The Morgan fingerprint density at radius 1 is 1.18 bits per heavy atom. The second kappa shape index (κ2) is 9.41. The first kappa shape index (κ1) is 27.0. The number of nitrogens with zero attached hydrogens (tertiary/aromatic N) is 4. The number of nitrogens with one attached hydrogen (secondary N) is 1. The lowest BCUT2D eigenvalue weighted by molar-refractivity contribution is -0.138. The lowest BCUT2D eigenvalue weighted by atomic mass is 9.62. The summed E-state index contributed by atoms with van der Waals surface area (Å²) >= 11 is 0. The minimum absolute atomic E-state index is 0.0276. The quantitative estimate of drug-likeness (QED) is 0.408. The summed E-state index contributed by atoms with van der Waals surface area (Å²) in [6.07, 6.45) is 1.59. The third kappa shape index (κ3) is 4.32. The number of amides is 1. The first-order valence-electron chi connectivity index (χ1n) is 13.8. The number of hydrogen-bond acceptors (Lipinski definition) is 5. The molecular weight excluding hydrogens is 519 g/mol. The highest BCUT2D eigenvalue weighted by Crippen LogP contribution is 2.50. The Hall–Kier alpha value is -3.24. The lowest BCUT2D eigenvalue weighted by Gasteiger charge is -2.46. The van der Waals surface area contributed by atoms with Crippen molar-refractivity contribution in [3.05, 3.63) is 76.4 Å². The number of halogens is 3. The van der Waals surface area contributed by atoms with Gasteiger partial charge in [-0.2, -0.15) is 13.2 Å². The number of carbonyl (C=O) groups is 1. The fraction of sp³-hybridized carbons (Fsp3) is 0.500. The van der Waals surface area contributed by atoms with E-state index in [1.165, 1.54) is 11.0 Å². The van der Waals surface area contributed by atoms with E-state index >= 15 is 0 Å². The van der Waals surface area contributed by atoms with Crippen molar-refractivity contribution >= 4 is 11.6 Å². The van der Waals surface area contributed by atoms with E-state index in [1.807, 2.05) is 36.7 Å². The molecule has 2 aliphatic carbocycles. The van der Waals surface area contributed by atoms with Crippen LogP contribution in [0.3, 0.4) is 0 Å². The lowest BCUT2D eigenvalue weighted by Crippen LogP contribution is -2.49. The second-order valence-electron chi connectivity index (χ2n) is 11.9. The van der Waals surface area contributed by atoms with Gasteiger partial charge in [0.1, 0.15) is 12.2 Å². The molecule has 3 aromatic rings.